The summed E-state index contributed by atoms with van der Waals surface area (Å²) in [6, 6.07) is 16.0. The first kappa shape index (κ1) is 20.9. The molecule has 0 saturated carbocycles. The fourth-order valence-electron chi connectivity index (χ4n) is 2.63. The average molecular weight is 391 g/mol. The second-order valence-corrected chi connectivity index (χ2v) is 7.99. The summed E-state index contributed by atoms with van der Waals surface area (Å²) < 4.78 is 31.4. The Morgan fingerprint density at radius 3 is 2.41 bits per heavy atom. The summed E-state index contributed by atoms with van der Waals surface area (Å²) in [4.78, 5) is 12.6. The van der Waals surface area contributed by atoms with E-state index in [9.17, 15) is 13.2 Å². The van der Waals surface area contributed by atoms with Crippen LogP contribution in [0.3, 0.4) is 0 Å². The van der Waals surface area contributed by atoms with E-state index >= 15 is 0 Å². The Balaban J connectivity index is 2.23. The zero-order valence-corrected chi connectivity index (χ0v) is 16.5. The molecule has 2 aromatic carbocycles. The molecule has 2 aromatic rings. The van der Waals surface area contributed by atoms with Crippen LogP contribution >= 0.6 is 0 Å². The molecular formula is C20H26N2O4S. The van der Waals surface area contributed by atoms with Gasteiger partial charge in [-0.15, -0.1) is 0 Å². The highest BCUT2D eigenvalue weighted by atomic mass is 32.2. The van der Waals surface area contributed by atoms with Gasteiger partial charge in [-0.2, -0.15) is 0 Å². The molecule has 146 valence electrons. The number of amides is 1. The maximum absolute atomic E-state index is 12.6. The lowest BCUT2D eigenvalue weighted by Crippen LogP contribution is -2.33. The summed E-state index contributed by atoms with van der Waals surface area (Å²) >= 11 is 0. The number of ether oxygens (including phenoxy) is 1. The fraction of sp³-hybridized carbons (Fsp3) is 0.350. The molecule has 7 heteroatoms. The Bertz CT molecular complexity index is 838. The molecule has 0 spiro atoms. The van der Waals surface area contributed by atoms with Crippen molar-refractivity contribution in [3.05, 3.63) is 65.7 Å². The van der Waals surface area contributed by atoms with Crippen LogP contribution in [0.5, 0.6) is 0 Å². The van der Waals surface area contributed by atoms with E-state index in [0.717, 1.165) is 11.8 Å². The Labute approximate surface area is 161 Å². The van der Waals surface area contributed by atoms with Crippen molar-refractivity contribution in [1.29, 1.82) is 0 Å². The van der Waals surface area contributed by atoms with Gasteiger partial charge in [-0.25, -0.2) is 8.42 Å². The molecule has 0 aliphatic rings. The number of carbonyl (C=O) groups is 1. The van der Waals surface area contributed by atoms with Gasteiger partial charge >= 0.3 is 0 Å². The predicted octanol–water partition coefficient (Wildman–Crippen LogP) is 2.81. The van der Waals surface area contributed by atoms with Crippen molar-refractivity contribution in [2.75, 3.05) is 30.3 Å². The molecule has 1 amide bonds. The number of nitrogens with one attached hydrogen (secondary N) is 1. The van der Waals surface area contributed by atoms with Crippen LogP contribution in [-0.4, -0.2) is 40.3 Å². The lowest BCUT2D eigenvalue weighted by molar-refractivity contribution is 0.0945. The highest BCUT2D eigenvalue weighted by molar-refractivity contribution is 7.92. The Hall–Kier alpha value is -2.38. The highest BCUT2D eigenvalue weighted by Gasteiger charge is 2.23. The first-order valence-corrected chi connectivity index (χ1v) is 10.7. The van der Waals surface area contributed by atoms with E-state index in [1.165, 1.54) is 4.31 Å². The molecule has 0 aliphatic carbocycles. The first-order valence-electron chi connectivity index (χ1n) is 8.90. The van der Waals surface area contributed by atoms with Crippen molar-refractivity contribution in [3.8, 4) is 0 Å². The van der Waals surface area contributed by atoms with Crippen molar-refractivity contribution >= 4 is 21.6 Å². The summed E-state index contributed by atoms with van der Waals surface area (Å²) in [5.41, 5.74) is 1.54. The fourth-order valence-corrected chi connectivity index (χ4v) is 3.53. The third-order valence-corrected chi connectivity index (χ3v) is 5.07. The molecule has 0 saturated heterocycles. The molecule has 0 aromatic heterocycles. The normalized spacial score (nSPS) is 11.2. The summed E-state index contributed by atoms with van der Waals surface area (Å²) in [7, 11) is -3.57. The number of anilines is 1. The minimum Gasteiger partial charge on any atom is -0.382 e. The minimum absolute atomic E-state index is 0.161. The summed E-state index contributed by atoms with van der Waals surface area (Å²) in [5.74, 6) is -0.302. The monoisotopic (exact) mass is 390 g/mol. The lowest BCUT2D eigenvalue weighted by atomic mass is 10.1. The smallest absolute Gasteiger partial charge is 0.253 e. The van der Waals surface area contributed by atoms with Gasteiger partial charge in [0.15, 0.2) is 0 Å². The number of nitrogens with zero attached hydrogens (tertiary/aromatic N) is 1. The Morgan fingerprint density at radius 2 is 1.74 bits per heavy atom. The standard InChI is InChI=1S/C20H26N2O4S/c1-3-26-15-9-14-21-20(23)18-12-7-8-13-19(18)22(27(2,24)25)16-17-10-5-4-6-11-17/h4-8,10-13H,3,9,14-16H2,1-2H3,(H,21,23). The van der Waals surface area contributed by atoms with Gasteiger partial charge < -0.3 is 10.1 Å². The number of hydrogen-bond acceptors (Lipinski definition) is 4. The van der Waals surface area contributed by atoms with Gasteiger partial charge in [0.25, 0.3) is 5.91 Å². The topological polar surface area (TPSA) is 75.7 Å². The van der Waals surface area contributed by atoms with Crippen LogP contribution in [0.4, 0.5) is 5.69 Å². The third-order valence-electron chi connectivity index (χ3n) is 3.94. The van der Waals surface area contributed by atoms with Crippen LogP contribution in [0.2, 0.25) is 0 Å². The van der Waals surface area contributed by atoms with Crippen LogP contribution in [0.25, 0.3) is 0 Å². The maximum Gasteiger partial charge on any atom is 0.253 e. The zero-order chi connectivity index (χ0) is 19.7. The molecule has 0 atom stereocenters. The molecule has 0 aliphatic heterocycles. The maximum atomic E-state index is 12.6. The van der Waals surface area contributed by atoms with E-state index in [-0.39, 0.29) is 12.5 Å². The van der Waals surface area contributed by atoms with Crippen LogP contribution in [0.15, 0.2) is 54.6 Å². The SMILES string of the molecule is CCOCCCNC(=O)c1ccccc1N(Cc1ccccc1)S(C)(=O)=O. The van der Waals surface area contributed by atoms with Crippen LogP contribution < -0.4 is 9.62 Å². The molecule has 6 nitrogen and oxygen atoms in total. The number of sulfonamides is 1. The molecule has 0 unspecified atom stereocenters. The van der Waals surface area contributed by atoms with Crippen molar-refractivity contribution in [3.63, 3.8) is 0 Å². The molecule has 0 fully saturated rings. The molecule has 2 rings (SSSR count). The number of benzene rings is 2. The lowest BCUT2D eigenvalue weighted by Gasteiger charge is -2.24. The first-order chi connectivity index (χ1) is 12.9. The number of carbonyl (C=O) groups excluding carboxylic acids is 1. The third kappa shape index (κ3) is 6.37. The molecule has 0 bridgehead atoms. The van der Waals surface area contributed by atoms with E-state index in [1.54, 1.807) is 24.3 Å². The zero-order valence-electron chi connectivity index (χ0n) is 15.7. The van der Waals surface area contributed by atoms with Gasteiger partial charge in [-0.05, 0) is 31.0 Å². The van der Waals surface area contributed by atoms with E-state index in [4.69, 9.17) is 4.74 Å². The van der Waals surface area contributed by atoms with E-state index in [1.807, 2.05) is 37.3 Å². The van der Waals surface area contributed by atoms with Gasteiger partial charge in [0, 0.05) is 19.8 Å². The predicted molar refractivity (Wildman–Crippen MR) is 107 cm³/mol. The van der Waals surface area contributed by atoms with E-state index < -0.39 is 10.0 Å². The average Bonchev–Trinajstić information content (AvgIpc) is 2.66. The molecule has 0 radical (unpaired) electrons. The number of para-hydroxylation sites is 1. The van der Waals surface area contributed by atoms with Gasteiger partial charge in [0.05, 0.1) is 24.1 Å². The van der Waals surface area contributed by atoms with Gasteiger partial charge in [-0.3, -0.25) is 9.10 Å². The Kier molecular flexibility index (Phi) is 7.82. The minimum atomic E-state index is -3.57. The van der Waals surface area contributed by atoms with Crippen LogP contribution in [0, 0.1) is 0 Å². The van der Waals surface area contributed by atoms with Crippen molar-refractivity contribution < 1.29 is 17.9 Å². The van der Waals surface area contributed by atoms with Gasteiger partial charge in [-0.1, -0.05) is 42.5 Å². The quantitative estimate of drug-likeness (QED) is 0.633. The second kappa shape index (κ2) is 10.1. The van der Waals surface area contributed by atoms with Crippen molar-refractivity contribution in [2.45, 2.75) is 19.9 Å². The number of hydrogen-bond donors (Lipinski definition) is 1. The largest absolute Gasteiger partial charge is 0.382 e. The molecule has 27 heavy (non-hydrogen) atoms. The van der Waals surface area contributed by atoms with Crippen molar-refractivity contribution in [1.82, 2.24) is 5.32 Å². The second-order valence-electron chi connectivity index (χ2n) is 6.08. The molecule has 1 N–H and O–H groups in total. The highest BCUT2D eigenvalue weighted by Crippen LogP contribution is 2.25. The van der Waals surface area contributed by atoms with Gasteiger partial charge in [0.2, 0.25) is 10.0 Å². The Morgan fingerprint density at radius 1 is 1.07 bits per heavy atom. The summed E-state index contributed by atoms with van der Waals surface area (Å²) in [6.45, 7) is 3.75. The number of rotatable bonds is 10. The van der Waals surface area contributed by atoms with E-state index in [0.29, 0.717) is 37.4 Å². The van der Waals surface area contributed by atoms with E-state index in [2.05, 4.69) is 5.32 Å². The molecule has 0 heterocycles. The molecular weight excluding hydrogens is 364 g/mol. The van der Waals surface area contributed by atoms with Crippen LogP contribution in [-0.2, 0) is 21.3 Å². The van der Waals surface area contributed by atoms with Crippen LogP contribution in [0.1, 0.15) is 29.3 Å². The van der Waals surface area contributed by atoms with Crippen molar-refractivity contribution in [2.24, 2.45) is 0 Å². The van der Waals surface area contributed by atoms with Gasteiger partial charge in [0.1, 0.15) is 0 Å². The summed E-state index contributed by atoms with van der Waals surface area (Å²) in [6.07, 6.45) is 1.84. The summed E-state index contributed by atoms with van der Waals surface area (Å²) in [5, 5.41) is 2.83.